The highest BCUT2D eigenvalue weighted by atomic mass is 19.4. The summed E-state index contributed by atoms with van der Waals surface area (Å²) in [5.74, 6) is 0.616. The number of aromatic nitrogens is 3. The van der Waals surface area contributed by atoms with Gasteiger partial charge in [0.1, 0.15) is 24.0 Å². The van der Waals surface area contributed by atoms with E-state index in [0.29, 0.717) is 65.6 Å². The van der Waals surface area contributed by atoms with E-state index in [0.717, 1.165) is 6.07 Å². The number of ether oxygens (including phenoxy) is 2. The fourth-order valence-electron chi connectivity index (χ4n) is 4.17. The molecular weight excluding hydrogens is 451 g/mol. The van der Waals surface area contributed by atoms with Crippen LogP contribution < -0.4 is 15.0 Å². The minimum atomic E-state index is -4.53. The van der Waals surface area contributed by atoms with Crippen molar-refractivity contribution in [1.82, 2.24) is 15.0 Å². The second-order valence-corrected chi connectivity index (χ2v) is 8.15. The first-order valence-electron chi connectivity index (χ1n) is 10.9. The fourth-order valence-corrected chi connectivity index (χ4v) is 4.17. The lowest BCUT2D eigenvalue weighted by molar-refractivity contribution is -0.139. The molecule has 2 aliphatic rings. The van der Waals surface area contributed by atoms with Gasteiger partial charge in [0, 0.05) is 25.1 Å². The number of morpholine rings is 1. The number of hydrogen-bond acceptors (Lipinski definition) is 7. The summed E-state index contributed by atoms with van der Waals surface area (Å²) in [5, 5.41) is 3.73. The quantitative estimate of drug-likeness (QED) is 0.577. The third kappa shape index (κ3) is 4.23. The van der Waals surface area contributed by atoms with Crippen LogP contribution in [0, 0.1) is 6.92 Å². The van der Waals surface area contributed by atoms with Crippen molar-refractivity contribution >= 4 is 28.4 Å². The SMILES string of the molecule is Cc1nc2nc3nc(c2cc1N1CCOCC1=O)NCc1cccc(C(F)(F)F)c1OCCC3. The molecule has 2 aliphatic heterocycles. The van der Waals surface area contributed by atoms with Gasteiger partial charge in [0.15, 0.2) is 5.65 Å². The Balaban J connectivity index is 1.59. The molecule has 4 heterocycles. The Morgan fingerprint density at radius 1 is 1.15 bits per heavy atom. The van der Waals surface area contributed by atoms with Gasteiger partial charge in [-0.1, -0.05) is 12.1 Å². The zero-order valence-corrected chi connectivity index (χ0v) is 18.4. The summed E-state index contributed by atoms with van der Waals surface area (Å²) >= 11 is 0. The first-order chi connectivity index (χ1) is 16.3. The number of aryl methyl sites for hydroxylation is 2. The van der Waals surface area contributed by atoms with E-state index in [2.05, 4.69) is 20.3 Å². The molecule has 2 bridgehead atoms. The maximum absolute atomic E-state index is 13.6. The van der Waals surface area contributed by atoms with Crippen LogP contribution in [0.25, 0.3) is 11.0 Å². The predicted molar refractivity (Wildman–Crippen MR) is 118 cm³/mol. The van der Waals surface area contributed by atoms with E-state index in [9.17, 15) is 18.0 Å². The molecule has 0 saturated carbocycles. The molecular formula is C23H22F3N5O3. The van der Waals surface area contributed by atoms with Crippen LogP contribution in [-0.2, 0) is 28.7 Å². The lowest BCUT2D eigenvalue weighted by atomic mass is 10.1. The molecule has 1 saturated heterocycles. The van der Waals surface area contributed by atoms with Gasteiger partial charge in [-0.15, -0.1) is 0 Å². The molecule has 0 unspecified atom stereocenters. The Morgan fingerprint density at radius 2 is 2.00 bits per heavy atom. The van der Waals surface area contributed by atoms with Gasteiger partial charge in [0.2, 0.25) is 0 Å². The van der Waals surface area contributed by atoms with Crippen molar-refractivity contribution in [3.63, 3.8) is 0 Å². The maximum atomic E-state index is 13.6. The van der Waals surface area contributed by atoms with E-state index in [1.807, 2.05) is 6.92 Å². The standard InChI is InChI=1S/C23H22F3N5O3/c1-13-17(31-7-9-33-12-19(31)32)10-15-21-27-11-14-4-2-5-16(23(24,25)26)20(14)34-8-3-6-18(29-21)30-22(15)28-13/h2,4-5,10H,3,6-9,11-12H2,1H3,(H,27,28,29,30). The third-order valence-electron chi connectivity index (χ3n) is 5.81. The molecule has 2 aromatic heterocycles. The van der Waals surface area contributed by atoms with E-state index in [-0.39, 0.29) is 31.4 Å². The largest absolute Gasteiger partial charge is 0.493 e. The number of para-hydroxylation sites is 1. The van der Waals surface area contributed by atoms with Gasteiger partial charge in [-0.05, 0) is 25.5 Å². The highest BCUT2D eigenvalue weighted by Crippen LogP contribution is 2.39. The Morgan fingerprint density at radius 3 is 2.79 bits per heavy atom. The summed E-state index contributed by atoms with van der Waals surface area (Å²) in [6, 6.07) is 5.78. The Bertz CT molecular complexity index is 1260. The summed E-state index contributed by atoms with van der Waals surface area (Å²) in [6.07, 6.45) is -3.68. The summed E-state index contributed by atoms with van der Waals surface area (Å²) in [7, 11) is 0. The molecule has 5 rings (SSSR count). The molecule has 8 nitrogen and oxygen atoms in total. The van der Waals surface area contributed by atoms with Crippen LogP contribution in [0.1, 0.15) is 29.1 Å². The van der Waals surface area contributed by atoms with Crippen molar-refractivity contribution in [1.29, 1.82) is 0 Å². The number of rotatable bonds is 1. The Labute approximate surface area is 193 Å². The summed E-state index contributed by atoms with van der Waals surface area (Å²) in [6.45, 7) is 2.78. The van der Waals surface area contributed by atoms with Crippen molar-refractivity contribution in [3.05, 3.63) is 46.9 Å². The zero-order valence-electron chi connectivity index (χ0n) is 18.4. The molecule has 1 fully saturated rings. The van der Waals surface area contributed by atoms with Crippen LogP contribution in [0.15, 0.2) is 24.3 Å². The van der Waals surface area contributed by atoms with Crippen LogP contribution in [0.2, 0.25) is 0 Å². The molecule has 0 atom stereocenters. The molecule has 0 radical (unpaired) electrons. The number of carbonyl (C=O) groups excluding carboxylic acids is 1. The average molecular weight is 473 g/mol. The number of carbonyl (C=O) groups is 1. The lowest BCUT2D eigenvalue weighted by Crippen LogP contribution is -2.42. The van der Waals surface area contributed by atoms with Gasteiger partial charge in [-0.2, -0.15) is 13.2 Å². The number of amides is 1. The van der Waals surface area contributed by atoms with Crippen molar-refractivity contribution in [2.45, 2.75) is 32.5 Å². The highest BCUT2D eigenvalue weighted by molar-refractivity contribution is 5.98. The lowest BCUT2D eigenvalue weighted by Gasteiger charge is -2.28. The number of hydrogen-bond donors (Lipinski definition) is 1. The van der Waals surface area contributed by atoms with Gasteiger partial charge in [-0.25, -0.2) is 15.0 Å². The van der Waals surface area contributed by atoms with Crippen molar-refractivity contribution < 1.29 is 27.4 Å². The number of alkyl halides is 3. The Hall–Kier alpha value is -3.47. The van der Waals surface area contributed by atoms with Crippen molar-refractivity contribution in [3.8, 4) is 5.75 Å². The average Bonchev–Trinajstić information content (AvgIpc) is 2.82. The van der Waals surface area contributed by atoms with Gasteiger partial charge in [0.25, 0.3) is 5.91 Å². The van der Waals surface area contributed by atoms with Crippen LogP contribution >= 0.6 is 0 Å². The number of halogens is 3. The molecule has 1 aromatic carbocycles. The van der Waals surface area contributed by atoms with E-state index >= 15 is 0 Å². The molecule has 0 spiro atoms. The van der Waals surface area contributed by atoms with Crippen LogP contribution in [-0.4, -0.2) is 47.2 Å². The van der Waals surface area contributed by atoms with Gasteiger partial charge < -0.3 is 19.7 Å². The van der Waals surface area contributed by atoms with E-state index in [1.54, 1.807) is 17.0 Å². The van der Waals surface area contributed by atoms with Crippen LogP contribution in [0.3, 0.4) is 0 Å². The number of nitrogens with one attached hydrogen (secondary N) is 1. The van der Waals surface area contributed by atoms with E-state index in [4.69, 9.17) is 9.47 Å². The predicted octanol–water partition coefficient (Wildman–Crippen LogP) is 3.65. The molecule has 1 amide bonds. The van der Waals surface area contributed by atoms with Gasteiger partial charge in [0.05, 0.1) is 35.5 Å². The smallest absolute Gasteiger partial charge is 0.419 e. The van der Waals surface area contributed by atoms with Crippen LogP contribution in [0.4, 0.5) is 24.7 Å². The zero-order chi connectivity index (χ0) is 23.9. The number of benzene rings is 1. The molecule has 34 heavy (non-hydrogen) atoms. The number of anilines is 2. The molecule has 1 N–H and O–H groups in total. The first-order valence-corrected chi connectivity index (χ1v) is 10.9. The van der Waals surface area contributed by atoms with Gasteiger partial charge in [-0.3, -0.25) is 4.79 Å². The maximum Gasteiger partial charge on any atom is 0.419 e. The van der Waals surface area contributed by atoms with Crippen LogP contribution in [0.5, 0.6) is 5.75 Å². The molecule has 178 valence electrons. The second-order valence-electron chi connectivity index (χ2n) is 8.15. The summed E-state index contributed by atoms with van der Waals surface area (Å²) in [5.41, 5.74) is 1.30. The minimum Gasteiger partial charge on any atom is -0.493 e. The second kappa shape index (κ2) is 8.71. The van der Waals surface area contributed by atoms with E-state index in [1.165, 1.54) is 6.07 Å². The third-order valence-corrected chi connectivity index (χ3v) is 5.81. The van der Waals surface area contributed by atoms with Crippen molar-refractivity contribution in [2.24, 2.45) is 0 Å². The fraction of sp³-hybridized carbons (Fsp3) is 0.391. The normalized spacial score (nSPS) is 16.9. The molecule has 11 heteroatoms. The number of nitrogens with zero attached hydrogens (tertiary/aromatic N) is 4. The number of pyridine rings is 1. The molecule has 0 aliphatic carbocycles. The van der Waals surface area contributed by atoms with Gasteiger partial charge >= 0.3 is 6.18 Å². The molecule has 3 aromatic rings. The summed E-state index contributed by atoms with van der Waals surface area (Å²) < 4.78 is 51.6. The van der Waals surface area contributed by atoms with Crippen molar-refractivity contribution in [2.75, 3.05) is 36.6 Å². The van der Waals surface area contributed by atoms with E-state index < -0.39 is 11.7 Å². The summed E-state index contributed by atoms with van der Waals surface area (Å²) in [4.78, 5) is 27.8. The Kier molecular flexibility index (Phi) is 5.72. The highest BCUT2D eigenvalue weighted by Gasteiger charge is 2.35. The topological polar surface area (TPSA) is 89.5 Å². The monoisotopic (exact) mass is 473 g/mol. The minimum absolute atomic E-state index is 0.00363. The number of fused-ring (bicyclic) bond motifs is 5. The first kappa shape index (κ1) is 22.3.